The van der Waals surface area contributed by atoms with E-state index in [0.717, 1.165) is 0 Å². The zero-order chi connectivity index (χ0) is 13.1. The fourth-order valence-electron chi connectivity index (χ4n) is 1.14. The minimum absolute atomic E-state index is 0.00385. The average molecular weight is 242 g/mol. The first-order valence-electron chi connectivity index (χ1n) is 5.35. The Morgan fingerprint density at radius 1 is 1.59 bits per heavy atom. The van der Waals surface area contributed by atoms with Gasteiger partial charge in [0.15, 0.2) is 6.23 Å². The third kappa shape index (κ3) is 8.25. The molecule has 17 heavy (non-hydrogen) atoms. The van der Waals surface area contributed by atoms with Crippen LogP contribution in [0.2, 0.25) is 0 Å². The summed E-state index contributed by atoms with van der Waals surface area (Å²) >= 11 is 0. The molecule has 0 spiro atoms. The molecule has 0 saturated carbocycles. The lowest BCUT2D eigenvalue weighted by Crippen LogP contribution is -2.35. The molecule has 0 bridgehead atoms. The van der Waals surface area contributed by atoms with Gasteiger partial charge >= 0.3 is 0 Å². The Labute approximate surface area is 101 Å². The number of rotatable bonds is 9. The molecule has 0 aliphatic heterocycles. The predicted octanol–water partition coefficient (Wildman–Crippen LogP) is -0.885. The number of nitrogens with one attached hydrogen (secondary N) is 1. The molecule has 0 aromatic rings. The van der Waals surface area contributed by atoms with Crippen LogP contribution in [0.15, 0.2) is 0 Å². The maximum Gasteiger partial charge on any atom is 0.294 e. The molecule has 0 aromatic carbocycles. The maximum absolute atomic E-state index is 11.2. The van der Waals surface area contributed by atoms with E-state index in [1.54, 1.807) is 0 Å². The molecule has 0 saturated heterocycles. The van der Waals surface area contributed by atoms with E-state index in [1.807, 2.05) is 0 Å². The van der Waals surface area contributed by atoms with Crippen LogP contribution in [-0.4, -0.2) is 36.4 Å². The lowest BCUT2D eigenvalue weighted by molar-refractivity contribution is -0.133. The summed E-state index contributed by atoms with van der Waals surface area (Å²) in [7, 11) is 0. The minimum atomic E-state index is -1.15. The fourth-order valence-corrected chi connectivity index (χ4v) is 1.14. The van der Waals surface area contributed by atoms with Gasteiger partial charge in [0.1, 0.15) is 6.10 Å². The summed E-state index contributed by atoms with van der Waals surface area (Å²) in [5.74, 6) is 1.73. The van der Waals surface area contributed by atoms with Crippen molar-refractivity contribution in [3.8, 4) is 12.3 Å². The third-order valence-electron chi connectivity index (χ3n) is 2.06. The van der Waals surface area contributed by atoms with Crippen molar-refractivity contribution in [1.82, 2.24) is 5.32 Å². The number of nitrogens with two attached hydrogens (primary N) is 1. The van der Waals surface area contributed by atoms with Gasteiger partial charge in [-0.25, -0.2) is 0 Å². The van der Waals surface area contributed by atoms with Crippen molar-refractivity contribution in [1.29, 1.82) is 0 Å². The van der Waals surface area contributed by atoms with Crippen LogP contribution < -0.4 is 11.1 Å². The molecule has 0 aliphatic carbocycles. The molecule has 0 aliphatic rings. The number of hydrogen-bond donors (Lipinski definition) is 3. The normalized spacial score (nSPS) is 13.2. The summed E-state index contributed by atoms with van der Waals surface area (Å²) in [4.78, 5) is 21.1. The number of amides is 1. The van der Waals surface area contributed by atoms with Gasteiger partial charge in [-0.2, -0.15) is 0 Å². The molecular weight excluding hydrogens is 224 g/mol. The molecule has 0 fully saturated rings. The SMILES string of the molecule is C#CCC(O)C(=O)NCCCC[C@H](N)OC=O. The molecule has 0 heterocycles. The average Bonchev–Trinajstić information content (AvgIpc) is 2.29. The highest BCUT2D eigenvalue weighted by atomic mass is 16.5. The number of hydrogen-bond acceptors (Lipinski definition) is 5. The zero-order valence-electron chi connectivity index (χ0n) is 9.59. The summed E-state index contributed by atoms with van der Waals surface area (Å²) in [5.41, 5.74) is 5.41. The molecular formula is C11H18N2O4. The number of terminal acetylenes is 1. The zero-order valence-corrected chi connectivity index (χ0v) is 9.59. The van der Waals surface area contributed by atoms with E-state index in [9.17, 15) is 14.7 Å². The summed E-state index contributed by atoms with van der Waals surface area (Å²) in [6, 6.07) is 0. The third-order valence-corrected chi connectivity index (χ3v) is 2.06. The highest BCUT2D eigenvalue weighted by Crippen LogP contribution is 1.98. The monoisotopic (exact) mass is 242 g/mol. The minimum Gasteiger partial charge on any atom is -0.449 e. The number of aliphatic hydroxyl groups is 1. The quantitative estimate of drug-likeness (QED) is 0.211. The van der Waals surface area contributed by atoms with Crippen LogP contribution in [0.3, 0.4) is 0 Å². The van der Waals surface area contributed by atoms with E-state index >= 15 is 0 Å². The van der Waals surface area contributed by atoms with E-state index in [4.69, 9.17) is 12.2 Å². The smallest absolute Gasteiger partial charge is 0.294 e. The lowest BCUT2D eigenvalue weighted by Gasteiger charge is -2.10. The number of aliphatic hydroxyl groups excluding tert-OH is 1. The van der Waals surface area contributed by atoms with Crippen molar-refractivity contribution in [2.45, 2.75) is 38.0 Å². The van der Waals surface area contributed by atoms with E-state index in [2.05, 4.69) is 16.0 Å². The van der Waals surface area contributed by atoms with Gasteiger partial charge in [-0.15, -0.1) is 12.3 Å². The molecule has 0 aromatic heterocycles. The Morgan fingerprint density at radius 3 is 2.88 bits per heavy atom. The van der Waals surface area contributed by atoms with Crippen LogP contribution in [0.4, 0.5) is 0 Å². The number of ether oxygens (including phenoxy) is 1. The Kier molecular flexibility index (Phi) is 8.74. The first-order valence-corrected chi connectivity index (χ1v) is 5.35. The predicted molar refractivity (Wildman–Crippen MR) is 61.4 cm³/mol. The van der Waals surface area contributed by atoms with Crippen molar-refractivity contribution < 1.29 is 19.4 Å². The molecule has 6 heteroatoms. The second-order valence-electron chi connectivity index (χ2n) is 3.48. The van der Waals surface area contributed by atoms with Crippen LogP contribution in [-0.2, 0) is 14.3 Å². The number of carbonyl (C=O) groups excluding carboxylic acids is 2. The first kappa shape index (κ1) is 15.4. The van der Waals surface area contributed by atoms with Crippen LogP contribution in [0.25, 0.3) is 0 Å². The molecule has 6 nitrogen and oxygen atoms in total. The van der Waals surface area contributed by atoms with Crippen molar-refractivity contribution >= 4 is 12.4 Å². The lowest BCUT2D eigenvalue weighted by atomic mass is 10.2. The molecule has 96 valence electrons. The summed E-state index contributed by atoms with van der Waals surface area (Å²) in [6.45, 7) is 0.733. The van der Waals surface area contributed by atoms with Gasteiger partial charge in [0.2, 0.25) is 5.91 Å². The topological polar surface area (TPSA) is 102 Å². The molecule has 0 rings (SSSR count). The summed E-state index contributed by atoms with van der Waals surface area (Å²) < 4.78 is 4.49. The van der Waals surface area contributed by atoms with Crippen LogP contribution in [0, 0.1) is 12.3 Å². The summed E-state index contributed by atoms with van der Waals surface area (Å²) in [5, 5.41) is 11.7. The van der Waals surface area contributed by atoms with Gasteiger partial charge in [-0.05, 0) is 19.3 Å². The van der Waals surface area contributed by atoms with E-state index in [1.165, 1.54) is 0 Å². The largest absolute Gasteiger partial charge is 0.449 e. The molecule has 1 unspecified atom stereocenters. The van der Waals surface area contributed by atoms with Gasteiger partial charge in [0, 0.05) is 13.0 Å². The van der Waals surface area contributed by atoms with Gasteiger partial charge in [0.05, 0.1) is 0 Å². The molecule has 0 radical (unpaired) electrons. The number of carbonyl (C=O) groups is 2. The molecule has 2 atom stereocenters. The van der Waals surface area contributed by atoms with Crippen molar-refractivity contribution in [3.05, 3.63) is 0 Å². The van der Waals surface area contributed by atoms with E-state index in [0.29, 0.717) is 32.3 Å². The second-order valence-corrected chi connectivity index (χ2v) is 3.48. The van der Waals surface area contributed by atoms with Crippen molar-refractivity contribution in [2.24, 2.45) is 5.73 Å². The standard InChI is InChI=1S/C11H18N2O4/c1-2-5-9(15)11(16)13-7-4-3-6-10(12)17-8-14/h1,8-10,15H,3-7,12H2,(H,13,16)/t9?,10-/m1/s1. The second kappa shape index (κ2) is 9.63. The molecule has 4 N–H and O–H groups in total. The Morgan fingerprint density at radius 2 is 2.29 bits per heavy atom. The van der Waals surface area contributed by atoms with E-state index in [-0.39, 0.29) is 6.42 Å². The Balaban J connectivity index is 3.48. The van der Waals surface area contributed by atoms with Crippen LogP contribution >= 0.6 is 0 Å². The molecule has 1 amide bonds. The van der Waals surface area contributed by atoms with Gasteiger partial charge in [0.25, 0.3) is 6.47 Å². The van der Waals surface area contributed by atoms with Crippen molar-refractivity contribution in [2.75, 3.05) is 6.54 Å². The highest BCUT2D eigenvalue weighted by molar-refractivity contribution is 5.80. The highest BCUT2D eigenvalue weighted by Gasteiger charge is 2.12. The first-order chi connectivity index (χ1) is 8.11. The van der Waals surface area contributed by atoms with E-state index < -0.39 is 18.2 Å². The summed E-state index contributed by atoms with van der Waals surface area (Å²) in [6.07, 6.45) is 5.13. The maximum atomic E-state index is 11.2. The number of unbranched alkanes of at least 4 members (excludes halogenated alkanes) is 1. The fraction of sp³-hybridized carbons (Fsp3) is 0.636. The van der Waals surface area contributed by atoms with Gasteiger partial charge < -0.3 is 15.2 Å². The Hall–Kier alpha value is -1.58. The van der Waals surface area contributed by atoms with Gasteiger partial charge in [-0.1, -0.05) is 0 Å². The van der Waals surface area contributed by atoms with Crippen molar-refractivity contribution in [3.63, 3.8) is 0 Å². The van der Waals surface area contributed by atoms with Gasteiger partial charge in [-0.3, -0.25) is 15.3 Å². The van der Waals surface area contributed by atoms with Crippen LogP contribution in [0.1, 0.15) is 25.7 Å². The van der Waals surface area contributed by atoms with Crippen LogP contribution in [0.5, 0.6) is 0 Å². The Bertz CT molecular complexity index is 275.